The summed E-state index contributed by atoms with van der Waals surface area (Å²) in [5.41, 5.74) is 1.05. The molecule has 23 heavy (non-hydrogen) atoms. The molecule has 128 valence electrons. The third-order valence-electron chi connectivity index (χ3n) is 3.28. The number of rotatable bonds is 10. The Kier molecular flexibility index (Phi) is 7.74. The van der Waals surface area contributed by atoms with Crippen molar-refractivity contribution in [3.8, 4) is 0 Å². The van der Waals surface area contributed by atoms with E-state index in [1.165, 1.54) is 0 Å². The first kappa shape index (κ1) is 19.2. The smallest absolute Gasteiger partial charge is 0.323 e. The molecule has 0 bridgehead atoms. The van der Waals surface area contributed by atoms with Gasteiger partial charge in [-0.15, -0.1) is 0 Å². The summed E-state index contributed by atoms with van der Waals surface area (Å²) < 4.78 is 24.1. The zero-order valence-electron chi connectivity index (χ0n) is 13.3. The average molecular weight is 341 g/mol. The van der Waals surface area contributed by atoms with Gasteiger partial charge in [-0.05, 0) is 24.8 Å². The third kappa shape index (κ3) is 7.78. The van der Waals surface area contributed by atoms with E-state index in [9.17, 15) is 18.0 Å². The number of aliphatic carboxylic acids is 1. The second kappa shape index (κ2) is 9.29. The molecule has 1 rings (SSSR count). The molecule has 1 N–H and O–H groups in total. The molecule has 0 heterocycles. The Hall–Kier alpha value is -1.89. The topological polar surface area (TPSA) is 91.8 Å². The molecule has 0 unspecified atom stereocenters. The molecule has 0 saturated heterocycles. The summed E-state index contributed by atoms with van der Waals surface area (Å²) in [6.45, 7) is 1.58. The second-order valence-electron chi connectivity index (χ2n) is 5.39. The molecule has 0 atom stereocenters. The van der Waals surface area contributed by atoms with E-state index in [1.807, 2.05) is 30.3 Å². The van der Waals surface area contributed by atoms with Crippen molar-refractivity contribution >= 4 is 21.7 Å². The van der Waals surface area contributed by atoms with Gasteiger partial charge in [-0.1, -0.05) is 37.3 Å². The monoisotopic (exact) mass is 341 g/mol. The number of nitrogens with zero attached hydrogens (tertiary/aromatic N) is 1. The summed E-state index contributed by atoms with van der Waals surface area (Å²) in [6, 6.07) is 9.52. The van der Waals surface area contributed by atoms with Crippen LogP contribution in [0.5, 0.6) is 0 Å². The van der Waals surface area contributed by atoms with Crippen LogP contribution in [0.25, 0.3) is 0 Å². The number of carboxylic acid groups (broad SMARTS) is 1. The maximum Gasteiger partial charge on any atom is 0.323 e. The fourth-order valence-corrected chi connectivity index (χ4v) is 3.50. The van der Waals surface area contributed by atoms with Gasteiger partial charge in [0.15, 0.2) is 9.84 Å². The number of aryl methyl sites for hydroxylation is 1. The summed E-state index contributed by atoms with van der Waals surface area (Å²) in [5.74, 6) is -2.50. The molecule has 0 spiro atoms. The molecule has 0 saturated carbocycles. The number of carbonyl (C=O) groups excluding carboxylic acids is 1. The van der Waals surface area contributed by atoms with Gasteiger partial charge in [-0.3, -0.25) is 9.59 Å². The van der Waals surface area contributed by atoms with E-state index in [1.54, 1.807) is 6.92 Å². The summed E-state index contributed by atoms with van der Waals surface area (Å²) in [5, 5.41) is 8.78. The molecule has 0 aliphatic rings. The van der Waals surface area contributed by atoms with Crippen LogP contribution < -0.4 is 0 Å². The highest BCUT2D eigenvalue weighted by Gasteiger charge is 2.22. The van der Waals surface area contributed by atoms with Gasteiger partial charge in [0.2, 0.25) is 5.91 Å². The Bertz CT molecular complexity index is 613. The van der Waals surface area contributed by atoms with Crippen molar-refractivity contribution in [3.05, 3.63) is 35.9 Å². The summed E-state index contributed by atoms with van der Waals surface area (Å²) in [7, 11) is -3.53. The van der Waals surface area contributed by atoms with E-state index in [-0.39, 0.29) is 12.3 Å². The van der Waals surface area contributed by atoms with Crippen LogP contribution >= 0.6 is 0 Å². The molecule has 0 aliphatic carbocycles. The van der Waals surface area contributed by atoms with Crippen molar-refractivity contribution in [2.24, 2.45) is 0 Å². The largest absolute Gasteiger partial charge is 0.480 e. The average Bonchev–Trinajstić information content (AvgIpc) is 2.46. The van der Waals surface area contributed by atoms with Crippen molar-refractivity contribution in [1.82, 2.24) is 4.90 Å². The lowest BCUT2D eigenvalue weighted by molar-refractivity contribution is -0.143. The maximum atomic E-state index is 12.0. The van der Waals surface area contributed by atoms with Crippen LogP contribution in [0.3, 0.4) is 0 Å². The minimum Gasteiger partial charge on any atom is -0.480 e. The van der Waals surface area contributed by atoms with E-state index in [4.69, 9.17) is 5.11 Å². The Morgan fingerprint density at radius 1 is 1.17 bits per heavy atom. The van der Waals surface area contributed by atoms with Gasteiger partial charge >= 0.3 is 5.97 Å². The molecule has 1 amide bonds. The minimum absolute atomic E-state index is 0.0827. The first-order valence-corrected chi connectivity index (χ1v) is 9.40. The van der Waals surface area contributed by atoms with Gasteiger partial charge in [0.1, 0.15) is 12.3 Å². The highest BCUT2D eigenvalue weighted by molar-refractivity contribution is 7.92. The maximum absolute atomic E-state index is 12.0. The number of hydrogen-bond acceptors (Lipinski definition) is 4. The standard InChI is InChI=1S/C16H23NO5S/c1-2-10-17(12-16(19)20)15(18)13-23(21,22)11-6-9-14-7-4-3-5-8-14/h3-5,7-8H,2,6,9-13H2,1H3,(H,19,20). The first-order chi connectivity index (χ1) is 10.8. The fraction of sp³-hybridized carbons (Fsp3) is 0.500. The number of carboxylic acids is 1. The Morgan fingerprint density at radius 3 is 2.39 bits per heavy atom. The normalized spacial score (nSPS) is 11.2. The molecule has 0 radical (unpaired) electrons. The van der Waals surface area contributed by atoms with E-state index in [0.29, 0.717) is 19.3 Å². The number of benzene rings is 1. The predicted octanol–water partition coefficient (Wildman–Crippen LogP) is 1.36. The van der Waals surface area contributed by atoms with Crippen LogP contribution in [0.15, 0.2) is 30.3 Å². The van der Waals surface area contributed by atoms with Gasteiger partial charge in [-0.2, -0.15) is 0 Å². The molecule has 0 fully saturated rings. The lowest BCUT2D eigenvalue weighted by Crippen LogP contribution is -2.40. The lowest BCUT2D eigenvalue weighted by Gasteiger charge is -2.19. The summed E-state index contributed by atoms with van der Waals surface area (Å²) in [4.78, 5) is 23.8. The van der Waals surface area contributed by atoms with Crippen molar-refractivity contribution in [2.45, 2.75) is 26.2 Å². The number of carbonyl (C=O) groups is 2. The van der Waals surface area contributed by atoms with Crippen LogP contribution in [0.2, 0.25) is 0 Å². The zero-order valence-corrected chi connectivity index (χ0v) is 14.1. The number of hydrogen-bond donors (Lipinski definition) is 1. The van der Waals surface area contributed by atoms with E-state index < -0.39 is 34.0 Å². The van der Waals surface area contributed by atoms with Crippen molar-refractivity contribution < 1.29 is 23.1 Å². The van der Waals surface area contributed by atoms with Crippen LogP contribution in [0.4, 0.5) is 0 Å². The molecular formula is C16H23NO5S. The molecule has 1 aromatic rings. The Morgan fingerprint density at radius 2 is 1.83 bits per heavy atom. The molecular weight excluding hydrogens is 318 g/mol. The van der Waals surface area contributed by atoms with Crippen LogP contribution in [-0.4, -0.2) is 54.9 Å². The van der Waals surface area contributed by atoms with Crippen LogP contribution in [0, 0.1) is 0 Å². The molecule has 7 heteroatoms. The quantitative estimate of drug-likeness (QED) is 0.694. The van der Waals surface area contributed by atoms with E-state index >= 15 is 0 Å². The predicted molar refractivity (Wildman–Crippen MR) is 87.9 cm³/mol. The zero-order chi connectivity index (χ0) is 17.3. The molecule has 1 aromatic carbocycles. The van der Waals surface area contributed by atoms with Gasteiger partial charge in [0.05, 0.1) is 5.75 Å². The van der Waals surface area contributed by atoms with Gasteiger partial charge in [0, 0.05) is 6.54 Å². The van der Waals surface area contributed by atoms with Crippen molar-refractivity contribution in [1.29, 1.82) is 0 Å². The number of amides is 1. The summed E-state index contributed by atoms with van der Waals surface area (Å²) in [6.07, 6.45) is 1.64. The van der Waals surface area contributed by atoms with Crippen molar-refractivity contribution in [3.63, 3.8) is 0 Å². The molecule has 0 aromatic heterocycles. The lowest BCUT2D eigenvalue weighted by atomic mass is 10.1. The number of sulfone groups is 1. The van der Waals surface area contributed by atoms with E-state index in [2.05, 4.69) is 0 Å². The summed E-state index contributed by atoms with van der Waals surface area (Å²) >= 11 is 0. The SMILES string of the molecule is CCCN(CC(=O)O)C(=O)CS(=O)(=O)CCCc1ccccc1. The van der Waals surface area contributed by atoms with E-state index in [0.717, 1.165) is 10.5 Å². The van der Waals surface area contributed by atoms with Crippen LogP contribution in [-0.2, 0) is 25.8 Å². The molecule has 6 nitrogen and oxygen atoms in total. The third-order valence-corrected chi connectivity index (χ3v) is 4.88. The van der Waals surface area contributed by atoms with Gasteiger partial charge < -0.3 is 10.0 Å². The highest BCUT2D eigenvalue weighted by Crippen LogP contribution is 2.06. The Balaban J connectivity index is 2.52. The molecule has 0 aliphatic heterocycles. The highest BCUT2D eigenvalue weighted by atomic mass is 32.2. The minimum atomic E-state index is -3.53. The Labute approximate surface area is 137 Å². The van der Waals surface area contributed by atoms with Gasteiger partial charge in [-0.25, -0.2) is 8.42 Å². The first-order valence-electron chi connectivity index (χ1n) is 7.58. The van der Waals surface area contributed by atoms with Crippen molar-refractivity contribution in [2.75, 3.05) is 24.6 Å². The fourth-order valence-electron chi connectivity index (χ4n) is 2.22. The van der Waals surface area contributed by atoms with Crippen LogP contribution in [0.1, 0.15) is 25.3 Å². The van der Waals surface area contributed by atoms with Gasteiger partial charge in [0.25, 0.3) is 0 Å². The second-order valence-corrected chi connectivity index (χ2v) is 7.57.